The molecule has 0 saturated carbocycles. The number of carbonyl (C=O) groups excluding carboxylic acids is 2. The number of likely N-dealkylation sites (N-methyl/N-ethyl adjacent to an activating group) is 1. The number of unbranched alkanes of at least 4 members (excludes halogenated alkanes) is 2. The lowest BCUT2D eigenvalue weighted by atomic mass is 10.2. The second kappa shape index (κ2) is 19.9. The highest BCUT2D eigenvalue weighted by molar-refractivity contribution is 7.52. The molecule has 0 unspecified atom stereocenters. The number of carbonyl (C=O) groups is 3. The highest BCUT2D eigenvalue weighted by Gasteiger charge is 2.26. The molecular weight excluding hydrogens is 585 g/mol. The standard InChI is InChI=1S/C28H38N3O11P/c1-31(20-25(32)33)26(29)30-43(36,41-18-10-8-16-37-27(34)39-21-23-12-4-2-5-13-23)42-19-11-9-17-38-28(35)40-22-24-14-6-3-7-15-24/h2-7,12-15H,8-11,16-22H2,1H3,(H,32,33)(H2,29,30,36). The number of rotatable bonds is 19. The Bertz CT molecular complexity index is 1130. The lowest BCUT2D eigenvalue weighted by molar-refractivity contribution is -0.137. The number of hydrogen-bond donors (Lipinski definition) is 2. The van der Waals surface area contributed by atoms with E-state index < -0.39 is 32.6 Å². The Kier molecular flexibility index (Phi) is 16.2. The number of ether oxygens (including phenoxy) is 4. The van der Waals surface area contributed by atoms with Crippen LogP contribution in [0.4, 0.5) is 9.59 Å². The predicted molar refractivity (Wildman–Crippen MR) is 155 cm³/mol. The number of hydrogen-bond acceptors (Lipinski definition) is 10. The summed E-state index contributed by atoms with van der Waals surface area (Å²) in [6, 6.07) is 18.3. The van der Waals surface area contributed by atoms with Gasteiger partial charge in [-0.3, -0.25) is 13.8 Å². The summed E-state index contributed by atoms with van der Waals surface area (Å²) in [6.45, 7) is -0.367. The van der Waals surface area contributed by atoms with Crippen LogP contribution in [0.3, 0.4) is 0 Å². The Morgan fingerprint density at radius 2 is 1.16 bits per heavy atom. The molecule has 0 saturated heterocycles. The Balaban J connectivity index is 1.71. The van der Waals surface area contributed by atoms with Gasteiger partial charge >= 0.3 is 26.0 Å². The molecule has 0 atom stereocenters. The first-order valence-corrected chi connectivity index (χ1v) is 15.0. The van der Waals surface area contributed by atoms with E-state index in [1.807, 2.05) is 60.7 Å². The second-order valence-corrected chi connectivity index (χ2v) is 10.7. The van der Waals surface area contributed by atoms with Gasteiger partial charge in [0.25, 0.3) is 0 Å². The van der Waals surface area contributed by atoms with E-state index in [1.54, 1.807) is 0 Å². The molecule has 14 nitrogen and oxygen atoms in total. The summed E-state index contributed by atoms with van der Waals surface area (Å²) in [5.41, 5.74) is 7.45. The van der Waals surface area contributed by atoms with Gasteiger partial charge in [0.2, 0.25) is 5.96 Å². The lowest BCUT2D eigenvalue weighted by Gasteiger charge is -2.19. The van der Waals surface area contributed by atoms with Crippen molar-refractivity contribution in [3.63, 3.8) is 0 Å². The molecule has 0 amide bonds. The molecule has 3 N–H and O–H groups in total. The topological polar surface area (TPSA) is 186 Å². The number of nitrogens with zero attached hydrogens (tertiary/aromatic N) is 2. The molecule has 2 rings (SSSR count). The first kappa shape index (κ1) is 35.1. The molecule has 0 aliphatic heterocycles. The highest BCUT2D eigenvalue weighted by atomic mass is 31.2. The number of benzene rings is 2. The van der Waals surface area contributed by atoms with Crippen LogP contribution in [-0.4, -0.2) is 74.3 Å². The average molecular weight is 624 g/mol. The van der Waals surface area contributed by atoms with Gasteiger partial charge in [0.15, 0.2) is 0 Å². The third kappa shape index (κ3) is 16.2. The number of nitrogens with two attached hydrogens (primary N) is 1. The lowest BCUT2D eigenvalue weighted by Crippen LogP contribution is -2.37. The van der Waals surface area contributed by atoms with Crippen LogP contribution >= 0.6 is 7.75 Å². The van der Waals surface area contributed by atoms with Gasteiger partial charge < -0.3 is 34.7 Å². The van der Waals surface area contributed by atoms with Crippen LogP contribution in [0.2, 0.25) is 0 Å². The van der Waals surface area contributed by atoms with E-state index in [0.717, 1.165) is 16.0 Å². The van der Waals surface area contributed by atoms with E-state index >= 15 is 0 Å². The fourth-order valence-corrected chi connectivity index (χ4v) is 4.49. The van der Waals surface area contributed by atoms with Crippen LogP contribution in [0.15, 0.2) is 65.4 Å². The Labute approximate surface area is 250 Å². The monoisotopic (exact) mass is 623 g/mol. The minimum Gasteiger partial charge on any atom is -0.480 e. The fourth-order valence-electron chi connectivity index (χ4n) is 3.18. The number of carboxylic acid groups (broad SMARTS) is 1. The second-order valence-electron chi connectivity index (χ2n) is 9.00. The van der Waals surface area contributed by atoms with E-state index in [0.29, 0.717) is 25.7 Å². The summed E-state index contributed by atoms with van der Waals surface area (Å²) < 4.78 is 47.9. The van der Waals surface area contributed by atoms with Gasteiger partial charge in [0.1, 0.15) is 19.8 Å². The van der Waals surface area contributed by atoms with Gasteiger partial charge in [-0.2, -0.15) is 0 Å². The molecule has 0 heterocycles. The first-order chi connectivity index (χ1) is 20.7. The van der Waals surface area contributed by atoms with Gasteiger partial charge in [0, 0.05) is 7.05 Å². The minimum atomic E-state index is -4.13. The van der Waals surface area contributed by atoms with Crippen LogP contribution in [0.5, 0.6) is 0 Å². The summed E-state index contributed by atoms with van der Waals surface area (Å²) in [7, 11) is -2.77. The van der Waals surface area contributed by atoms with Crippen LogP contribution in [0.1, 0.15) is 36.8 Å². The van der Waals surface area contributed by atoms with Crippen molar-refractivity contribution in [2.75, 3.05) is 40.0 Å². The third-order valence-corrected chi connectivity index (χ3v) is 6.88. The molecule has 2 aromatic carbocycles. The molecule has 2 aromatic rings. The molecule has 236 valence electrons. The van der Waals surface area contributed by atoms with Crippen LogP contribution < -0.4 is 5.73 Å². The molecule has 0 fully saturated rings. The van der Waals surface area contributed by atoms with Crippen molar-refractivity contribution in [2.45, 2.75) is 38.9 Å². The van der Waals surface area contributed by atoms with Crippen LogP contribution in [0, 0.1) is 0 Å². The maximum absolute atomic E-state index is 13.2. The smallest absolute Gasteiger partial charge is 0.480 e. The van der Waals surface area contributed by atoms with E-state index in [1.165, 1.54) is 7.05 Å². The summed E-state index contributed by atoms with van der Waals surface area (Å²) in [5.74, 6) is -1.51. The Morgan fingerprint density at radius 3 is 1.58 bits per heavy atom. The van der Waals surface area contributed by atoms with E-state index in [2.05, 4.69) is 4.76 Å². The quantitative estimate of drug-likeness (QED) is 0.0720. The molecule has 0 spiro atoms. The average Bonchev–Trinajstić information content (AvgIpc) is 2.99. The van der Waals surface area contributed by atoms with Gasteiger partial charge in [-0.15, -0.1) is 4.76 Å². The van der Waals surface area contributed by atoms with Gasteiger partial charge in [-0.25, -0.2) is 14.2 Å². The number of carboxylic acids is 1. The van der Waals surface area contributed by atoms with E-state index in [4.69, 9.17) is 38.8 Å². The minimum absolute atomic E-state index is 0.0443. The number of guanidine groups is 1. The normalized spacial score (nSPS) is 11.4. The maximum Gasteiger partial charge on any atom is 0.508 e. The Morgan fingerprint density at radius 1 is 0.744 bits per heavy atom. The molecule has 0 aliphatic rings. The Hall–Kier alpha value is -4.13. The van der Waals surface area contributed by atoms with Crippen molar-refractivity contribution in [2.24, 2.45) is 10.5 Å². The molecular formula is C28H38N3O11P. The summed E-state index contributed by atoms with van der Waals surface area (Å²) in [6.07, 6.45) is -0.221. The van der Waals surface area contributed by atoms with E-state index in [-0.39, 0.29) is 45.6 Å². The highest BCUT2D eigenvalue weighted by Crippen LogP contribution is 2.50. The van der Waals surface area contributed by atoms with Gasteiger partial charge in [-0.05, 0) is 36.8 Å². The van der Waals surface area contributed by atoms with Crippen molar-refractivity contribution in [1.29, 1.82) is 0 Å². The van der Waals surface area contributed by atoms with Crippen molar-refractivity contribution in [1.82, 2.24) is 4.90 Å². The summed E-state index contributed by atoms with van der Waals surface area (Å²) in [4.78, 5) is 35.5. The molecule has 0 radical (unpaired) electrons. The molecule has 0 aromatic heterocycles. The zero-order valence-electron chi connectivity index (χ0n) is 24.0. The SMILES string of the molecule is CN(CC(=O)O)/C(N)=N/P(=O)(OCCCCOC(=O)OCc1ccccc1)OCCCCOC(=O)OCc1ccccc1. The largest absolute Gasteiger partial charge is 0.508 e. The molecule has 0 aliphatic carbocycles. The molecule has 43 heavy (non-hydrogen) atoms. The first-order valence-electron chi connectivity index (χ1n) is 13.5. The molecule has 0 bridgehead atoms. The zero-order valence-corrected chi connectivity index (χ0v) is 24.9. The fraction of sp³-hybridized carbons (Fsp3) is 0.429. The predicted octanol–water partition coefficient (Wildman–Crippen LogP) is 4.73. The van der Waals surface area contributed by atoms with Crippen LogP contribution in [0.25, 0.3) is 0 Å². The zero-order chi connectivity index (χ0) is 31.3. The molecule has 15 heteroatoms. The third-order valence-electron chi connectivity index (χ3n) is 5.41. The van der Waals surface area contributed by atoms with Gasteiger partial charge in [-0.1, -0.05) is 60.7 Å². The van der Waals surface area contributed by atoms with Crippen molar-refractivity contribution in [3.8, 4) is 0 Å². The van der Waals surface area contributed by atoms with E-state index in [9.17, 15) is 18.9 Å². The number of aliphatic carboxylic acids is 1. The van der Waals surface area contributed by atoms with Crippen molar-refractivity contribution < 1.29 is 52.1 Å². The van der Waals surface area contributed by atoms with Crippen molar-refractivity contribution >= 4 is 32.0 Å². The van der Waals surface area contributed by atoms with Crippen molar-refractivity contribution in [3.05, 3.63) is 71.8 Å². The summed E-state index contributed by atoms with van der Waals surface area (Å²) >= 11 is 0. The van der Waals surface area contributed by atoms with Crippen LogP contribution in [-0.2, 0) is 50.6 Å². The maximum atomic E-state index is 13.2. The summed E-state index contributed by atoms with van der Waals surface area (Å²) in [5, 5.41) is 8.97. The van der Waals surface area contributed by atoms with Gasteiger partial charge in [0.05, 0.1) is 26.4 Å².